The third kappa shape index (κ3) is 8.38. The molecule has 1 aromatic heterocycles. The molecular weight excluding hydrogens is 489 g/mol. The number of nitrogens with one attached hydrogen (secondary N) is 2. The fraction of sp³-hybridized carbons (Fsp3) is 0.783. The van der Waals surface area contributed by atoms with Gasteiger partial charge in [-0.1, -0.05) is 6.92 Å². The molecule has 0 aliphatic carbocycles. The number of likely N-dealkylation sites (tertiary alicyclic amines) is 2. The lowest BCUT2D eigenvalue weighted by molar-refractivity contribution is 0.181. The summed E-state index contributed by atoms with van der Waals surface area (Å²) in [7, 11) is 0. The predicted octanol–water partition coefficient (Wildman–Crippen LogP) is 4.10. The summed E-state index contributed by atoms with van der Waals surface area (Å²) in [5.74, 6) is 2.82. The first-order valence-corrected chi connectivity index (χ1v) is 11.8. The summed E-state index contributed by atoms with van der Waals surface area (Å²) in [5.41, 5.74) is 0. The second kappa shape index (κ2) is 14.3. The Morgan fingerprint density at radius 1 is 1.20 bits per heavy atom. The average molecular weight is 532 g/mol. The lowest BCUT2D eigenvalue weighted by Crippen LogP contribution is -2.39. The monoisotopic (exact) mass is 531 g/mol. The molecule has 0 bridgehead atoms. The second-order valence-electron chi connectivity index (χ2n) is 8.68. The number of aliphatic imine (C=N–C) groups is 1. The molecule has 2 saturated heterocycles. The predicted molar refractivity (Wildman–Crippen MR) is 136 cm³/mol. The summed E-state index contributed by atoms with van der Waals surface area (Å²) in [4.78, 5) is 10.0. The van der Waals surface area contributed by atoms with Crippen LogP contribution < -0.4 is 10.6 Å². The minimum absolute atomic E-state index is 0. The number of hydrogen-bond donors (Lipinski definition) is 2. The zero-order valence-corrected chi connectivity index (χ0v) is 21.3. The first-order chi connectivity index (χ1) is 14.3. The van der Waals surface area contributed by atoms with E-state index in [0.717, 1.165) is 50.4 Å². The minimum Gasteiger partial charge on any atom is -0.468 e. The molecule has 0 aromatic carbocycles. The van der Waals surface area contributed by atoms with Crippen LogP contribution in [-0.4, -0.2) is 68.1 Å². The molecule has 2 atom stereocenters. The third-order valence-electron chi connectivity index (χ3n) is 6.15. The Hall–Kier alpha value is -0.800. The Balaban J connectivity index is 0.00000320. The number of hydrogen-bond acceptors (Lipinski definition) is 4. The number of nitrogens with zero attached hydrogens (tertiary/aromatic N) is 3. The fourth-order valence-corrected chi connectivity index (χ4v) is 4.60. The molecule has 0 spiro atoms. The van der Waals surface area contributed by atoms with Crippen LogP contribution in [0.2, 0.25) is 0 Å². The maximum Gasteiger partial charge on any atom is 0.191 e. The van der Waals surface area contributed by atoms with Crippen LogP contribution >= 0.6 is 24.0 Å². The lowest BCUT2D eigenvalue weighted by atomic mass is 10.0. The van der Waals surface area contributed by atoms with E-state index >= 15 is 0 Å². The quantitative estimate of drug-likeness (QED) is 0.206. The number of piperidine rings is 1. The fourth-order valence-electron chi connectivity index (χ4n) is 4.60. The van der Waals surface area contributed by atoms with Gasteiger partial charge in [-0.15, -0.1) is 24.0 Å². The van der Waals surface area contributed by atoms with Gasteiger partial charge in [0.25, 0.3) is 0 Å². The summed E-state index contributed by atoms with van der Waals surface area (Å²) >= 11 is 0. The second-order valence-corrected chi connectivity index (χ2v) is 8.68. The standard InChI is InChI=1S/C23H41N5O.HI/c1-3-24-23(25-12-4-5-13-27-14-8-10-20(2)19-27)26-18-21(22-11-9-17-29-22)28-15-6-7-16-28;/h9,11,17,20-21H,3-8,10,12-16,18-19H2,1-2H3,(H2,24,25,26);1H. The van der Waals surface area contributed by atoms with Gasteiger partial charge in [-0.25, -0.2) is 0 Å². The van der Waals surface area contributed by atoms with Gasteiger partial charge in [0.2, 0.25) is 0 Å². The van der Waals surface area contributed by atoms with Gasteiger partial charge < -0.3 is 20.0 Å². The summed E-state index contributed by atoms with van der Waals surface area (Å²) in [6.45, 7) is 13.2. The molecule has 0 saturated carbocycles. The molecule has 2 aliphatic heterocycles. The summed E-state index contributed by atoms with van der Waals surface area (Å²) in [5, 5.41) is 6.93. The van der Waals surface area contributed by atoms with E-state index in [0.29, 0.717) is 0 Å². The summed E-state index contributed by atoms with van der Waals surface area (Å²) in [6.07, 6.45) is 9.52. The highest BCUT2D eigenvalue weighted by atomic mass is 127. The maximum absolute atomic E-state index is 5.72. The molecule has 3 heterocycles. The van der Waals surface area contributed by atoms with Crippen molar-refractivity contribution in [3.63, 3.8) is 0 Å². The molecule has 7 heteroatoms. The van der Waals surface area contributed by atoms with Crippen LogP contribution in [0.15, 0.2) is 27.8 Å². The largest absolute Gasteiger partial charge is 0.468 e. The lowest BCUT2D eigenvalue weighted by Gasteiger charge is -2.30. The van der Waals surface area contributed by atoms with E-state index in [-0.39, 0.29) is 30.0 Å². The highest BCUT2D eigenvalue weighted by Gasteiger charge is 2.25. The summed E-state index contributed by atoms with van der Waals surface area (Å²) in [6, 6.07) is 4.30. The number of halogens is 1. The molecule has 30 heavy (non-hydrogen) atoms. The van der Waals surface area contributed by atoms with Crippen molar-refractivity contribution in [1.29, 1.82) is 0 Å². The van der Waals surface area contributed by atoms with Crippen molar-refractivity contribution in [3.8, 4) is 0 Å². The molecule has 3 rings (SSSR count). The van der Waals surface area contributed by atoms with Crippen molar-refractivity contribution >= 4 is 29.9 Å². The van der Waals surface area contributed by atoms with Crippen molar-refractivity contribution in [2.75, 3.05) is 52.4 Å². The van der Waals surface area contributed by atoms with Gasteiger partial charge in [0.1, 0.15) is 5.76 Å². The van der Waals surface area contributed by atoms with E-state index in [1.807, 2.05) is 6.07 Å². The zero-order valence-electron chi connectivity index (χ0n) is 18.9. The number of guanidine groups is 1. The number of rotatable bonds is 10. The molecule has 2 N–H and O–H groups in total. The van der Waals surface area contributed by atoms with Crippen LogP contribution in [0, 0.1) is 5.92 Å². The van der Waals surface area contributed by atoms with Gasteiger partial charge >= 0.3 is 0 Å². The van der Waals surface area contributed by atoms with Crippen molar-refractivity contribution in [3.05, 3.63) is 24.2 Å². The molecule has 6 nitrogen and oxygen atoms in total. The van der Waals surface area contributed by atoms with Gasteiger partial charge in [0.05, 0.1) is 18.8 Å². The molecular formula is C23H42IN5O. The summed E-state index contributed by atoms with van der Waals surface area (Å²) < 4.78 is 5.72. The SMILES string of the molecule is CCNC(=NCC(c1ccco1)N1CCCC1)NCCCCN1CCCC(C)C1.I. The van der Waals surface area contributed by atoms with Crippen LogP contribution in [0.5, 0.6) is 0 Å². The van der Waals surface area contributed by atoms with E-state index in [4.69, 9.17) is 9.41 Å². The van der Waals surface area contributed by atoms with E-state index in [2.05, 4.69) is 40.3 Å². The van der Waals surface area contributed by atoms with E-state index in [1.165, 1.54) is 58.2 Å². The van der Waals surface area contributed by atoms with Gasteiger partial charge in [0.15, 0.2) is 5.96 Å². The normalized spacial score (nSPS) is 21.9. The maximum atomic E-state index is 5.72. The number of furan rings is 1. The van der Waals surface area contributed by atoms with Gasteiger partial charge in [-0.2, -0.15) is 0 Å². The molecule has 2 fully saturated rings. The highest BCUT2D eigenvalue weighted by Crippen LogP contribution is 2.25. The molecule has 0 radical (unpaired) electrons. The van der Waals surface area contributed by atoms with Crippen LogP contribution in [-0.2, 0) is 0 Å². The number of unbranched alkanes of at least 4 members (excludes halogenated alkanes) is 1. The molecule has 2 unspecified atom stereocenters. The molecule has 1 aromatic rings. The first kappa shape index (κ1) is 25.5. The third-order valence-corrected chi connectivity index (χ3v) is 6.15. The highest BCUT2D eigenvalue weighted by molar-refractivity contribution is 14.0. The Kier molecular flexibility index (Phi) is 12.1. The van der Waals surface area contributed by atoms with Gasteiger partial charge in [-0.3, -0.25) is 9.89 Å². The Bertz CT molecular complexity index is 588. The molecule has 0 amide bonds. The van der Waals surface area contributed by atoms with E-state index < -0.39 is 0 Å². The Morgan fingerprint density at radius 2 is 2.03 bits per heavy atom. The van der Waals surface area contributed by atoms with Crippen molar-refractivity contribution in [1.82, 2.24) is 20.4 Å². The van der Waals surface area contributed by atoms with Crippen molar-refractivity contribution in [2.45, 2.75) is 58.4 Å². The van der Waals surface area contributed by atoms with Crippen LogP contribution in [0.3, 0.4) is 0 Å². The van der Waals surface area contributed by atoms with Crippen LogP contribution in [0.4, 0.5) is 0 Å². The minimum atomic E-state index is 0. The van der Waals surface area contributed by atoms with E-state index in [9.17, 15) is 0 Å². The van der Waals surface area contributed by atoms with Gasteiger partial charge in [-0.05, 0) is 89.7 Å². The van der Waals surface area contributed by atoms with Crippen LogP contribution in [0.25, 0.3) is 0 Å². The Labute approximate surface area is 200 Å². The zero-order chi connectivity index (χ0) is 20.3. The van der Waals surface area contributed by atoms with Gasteiger partial charge in [0, 0.05) is 19.6 Å². The first-order valence-electron chi connectivity index (χ1n) is 11.8. The smallest absolute Gasteiger partial charge is 0.191 e. The van der Waals surface area contributed by atoms with E-state index in [1.54, 1.807) is 6.26 Å². The van der Waals surface area contributed by atoms with Crippen LogP contribution in [0.1, 0.15) is 64.2 Å². The van der Waals surface area contributed by atoms with Crippen molar-refractivity contribution < 1.29 is 4.42 Å². The molecule has 2 aliphatic rings. The van der Waals surface area contributed by atoms with Crippen molar-refractivity contribution in [2.24, 2.45) is 10.9 Å². The molecule has 172 valence electrons. The Morgan fingerprint density at radius 3 is 2.73 bits per heavy atom. The average Bonchev–Trinajstić information content (AvgIpc) is 3.43. The topological polar surface area (TPSA) is 56.0 Å².